The standard InChI is InChI=1S/C14H21N2OP.C7H8O3S/c1-18(2,17)13-4-3-12(16-8-13)5-11-6-14(7-11)9-15-10-14;1-6-2-4-7(5-3-6)11(8,9)10/h3-4,8,11,15H,5-7,9-10H2,1-2H3;2-5H,1H3,(H,8,9,10). The minimum absolute atomic E-state index is 0.0666. The fourth-order valence-corrected chi connectivity index (χ4v) is 5.19. The summed E-state index contributed by atoms with van der Waals surface area (Å²) in [4.78, 5) is 4.40. The zero-order valence-corrected chi connectivity index (χ0v) is 18.8. The van der Waals surface area contributed by atoms with Gasteiger partial charge in [0.2, 0.25) is 0 Å². The Balaban J connectivity index is 0.000000188. The quantitative estimate of drug-likeness (QED) is 0.565. The van der Waals surface area contributed by atoms with Gasteiger partial charge in [-0.3, -0.25) is 9.54 Å². The van der Waals surface area contributed by atoms with Gasteiger partial charge in [0.25, 0.3) is 10.1 Å². The molecule has 2 N–H and O–H groups in total. The van der Waals surface area contributed by atoms with Gasteiger partial charge in [0.1, 0.15) is 7.14 Å². The van der Waals surface area contributed by atoms with Crippen molar-refractivity contribution in [2.24, 2.45) is 11.3 Å². The van der Waals surface area contributed by atoms with Gasteiger partial charge in [-0.2, -0.15) is 8.42 Å². The molecule has 2 fully saturated rings. The van der Waals surface area contributed by atoms with E-state index < -0.39 is 17.3 Å². The largest absolute Gasteiger partial charge is 0.319 e. The fourth-order valence-electron chi connectivity index (χ4n) is 3.94. The highest BCUT2D eigenvalue weighted by Gasteiger charge is 2.47. The van der Waals surface area contributed by atoms with Crippen LogP contribution in [-0.2, 0) is 21.1 Å². The maximum Gasteiger partial charge on any atom is 0.294 e. The second-order valence-electron chi connectivity index (χ2n) is 8.73. The SMILES string of the molecule is CP(C)(=O)c1ccc(CC2CC3(CNC3)C2)nc1.Cc1ccc(S(=O)(=O)O)cc1. The van der Waals surface area contributed by atoms with Crippen LogP contribution in [0.5, 0.6) is 0 Å². The molecule has 0 amide bonds. The van der Waals surface area contributed by atoms with Gasteiger partial charge in [-0.1, -0.05) is 17.7 Å². The second-order valence-corrected chi connectivity index (χ2v) is 13.4. The van der Waals surface area contributed by atoms with Crippen LogP contribution in [0.15, 0.2) is 47.5 Å². The molecule has 2 aromatic rings. The molecule has 1 saturated heterocycles. The maximum absolute atomic E-state index is 11.9. The first-order valence-corrected chi connectivity index (χ1v) is 13.8. The van der Waals surface area contributed by atoms with Crippen LogP contribution in [-0.4, -0.2) is 44.4 Å². The lowest BCUT2D eigenvalue weighted by molar-refractivity contribution is 0.000494. The van der Waals surface area contributed by atoms with Crippen molar-refractivity contribution in [3.63, 3.8) is 0 Å². The van der Waals surface area contributed by atoms with Gasteiger partial charge >= 0.3 is 0 Å². The van der Waals surface area contributed by atoms with Crippen molar-refractivity contribution in [3.8, 4) is 0 Å². The highest BCUT2D eigenvalue weighted by molar-refractivity contribution is 7.85. The van der Waals surface area contributed by atoms with E-state index in [0.717, 1.165) is 28.9 Å². The molecule has 1 aliphatic heterocycles. The van der Waals surface area contributed by atoms with Gasteiger partial charge in [-0.05, 0) is 75.1 Å². The van der Waals surface area contributed by atoms with Gasteiger partial charge < -0.3 is 9.88 Å². The molecule has 1 saturated carbocycles. The lowest BCUT2D eigenvalue weighted by Crippen LogP contribution is -2.60. The molecule has 1 aromatic carbocycles. The van der Waals surface area contributed by atoms with Gasteiger partial charge in [0.15, 0.2) is 0 Å². The van der Waals surface area contributed by atoms with E-state index in [2.05, 4.69) is 16.4 Å². The van der Waals surface area contributed by atoms with Crippen molar-refractivity contribution in [2.45, 2.75) is 31.1 Å². The predicted octanol–water partition coefficient (Wildman–Crippen LogP) is 3.11. The molecule has 1 aliphatic carbocycles. The molecule has 2 heterocycles. The van der Waals surface area contributed by atoms with Crippen molar-refractivity contribution in [3.05, 3.63) is 53.9 Å². The van der Waals surface area contributed by atoms with E-state index in [1.165, 1.54) is 38.1 Å². The van der Waals surface area contributed by atoms with E-state index in [1.54, 1.807) is 31.7 Å². The van der Waals surface area contributed by atoms with Crippen LogP contribution < -0.4 is 10.6 Å². The molecule has 29 heavy (non-hydrogen) atoms. The number of benzene rings is 1. The summed E-state index contributed by atoms with van der Waals surface area (Å²) in [6, 6.07) is 10.0. The number of nitrogens with one attached hydrogen (secondary N) is 1. The molecule has 0 unspecified atom stereocenters. The van der Waals surface area contributed by atoms with Crippen molar-refractivity contribution in [1.82, 2.24) is 10.3 Å². The lowest BCUT2D eigenvalue weighted by Gasteiger charge is -2.54. The summed E-state index contributed by atoms with van der Waals surface area (Å²) in [6.07, 6.45) is 5.59. The molecular formula is C21H29N2O4PS. The summed E-state index contributed by atoms with van der Waals surface area (Å²) in [5.41, 5.74) is 2.75. The average Bonchev–Trinajstić information content (AvgIpc) is 2.56. The Morgan fingerprint density at radius 3 is 2.17 bits per heavy atom. The molecule has 8 heteroatoms. The number of rotatable bonds is 4. The Hall–Kier alpha value is -1.53. The van der Waals surface area contributed by atoms with Crippen molar-refractivity contribution in [1.29, 1.82) is 0 Å². The van der Waals surface area contributed by atoms with E-state index in [9.17, 15) is 13.0 Å². The molecule has 158 valence electrons. The zero-order chi connectivity index (χ0) is 21.3. The summed E-state index contributed by atoms with van der Waals surface area (Å²) >= 11 is 0. The van der Waals surface area contributed by atoms with Gasteiger partial charge in [0.05, 0.1) is 4.90 Å². The first kappa shape index (κ1) is 22.2. The molecule has 0 atom stereocenters. The number of aryl methyl sites for hydroxylation is 1. The predicted molar refractivity (Wildman–Crippen MR) is 116 cm³/mol. The smallest absolute Gasteiger partial charge is 0.294 e. The molecule has 2 aliphatic rings. The molecule has 0 bridgehead atoms. The van der Waals surface area contributed by atoms with Crippen LogP contribution in [0, 0.1) is 18.3 Å². The minimum atomic E-state index is -4.02. The number of nitrogens with zero attached hydrogens (tertiary/aromatic N) is 1. The van der Waals surface area contributed by atoms with E-state index in [0.29, 0.717) is 5.41 Å². The molecule has 6 nitrogen and oxygen atoms in total. The number of hydrogen-bond acceptors (Lipinski definition) is 5. The lowest BCUT2D eigenvalue weighted by atomic mass is 9.57. The van der Waals surface area contributed by atoms with Crippen LogP contribution in [0.1, 0.15) is 24.1 Å². The van der Waals surface area contributed by atoms with E-state index >= 15 is 0 Å². The molecule has 4 rings (SSSR count). The normalized spacial score (nSPS) is 18.3. The van der Waals surface area contributed by atoms with Crippen LogP contribution >= 0.6 is 7.14 Å². The zero-order valence-electron chi connectivity index (χ0n) is 17.1. The molecule has 0 radical (unpaired) electrons. The van der Waals surface area contributed by atoms with Crippen molar-refractivity contribution in [2.75, 3.05) is 26.4 Å². The third kappa shape index (κ3) is 5.76. The average molecular weight is 437 g/mol. The first-order chi connectivity index (χ1) is 13.5. The molecule has 1 aromatic heterocycles. The number of pyridine rings is 1. The first-order valence-electron chi connectivity index (χ1n) is 9.72. The highest BCUT2D eigenvalue weighted by Crippen LogP contribution is 2.49. The van der Waals surface area contributed by atoms with Crippen LogP contribution in [0.2, 0.25) is 0 Å². The van der Waals surface area contributed by atoms with E-state index in [1.807, 2.05) is 13.0 Å². The Kier molecular flexibility index (Phi) is 6.35. The maximum atomic E-state index is 11.9. The van der Waals surface area contributed by atoms with Gasteiger partial charge in [0, 0.05) is 30.3 Å². The van der Waals surface area contributed by atoms with E-state index in [4.69, 9.17) is 4.55 Å². The highest BCUT2D eigenvalue weighted by atomic mass is 32.2. The Bertz CT molecular complexity index is 986. The monoisotopic (exact) mass is 436 g/mol. The topological polar surface area (TPSA) is 96.4 Å². The Morgan fingerprint density at radius 1 is 1.14 bits per heavy atom. The van der Waals surface area contributed by atoms with Crippen LogP contribution in [0.25, 0.3) is 0 Å². The van der Waals surface area contributed by atoms with Gasteiger partial charge in [-0.25, -0.2) is 0 Å². The summed E-state index contributed by atoms with van der Waals surface area (Å²) in [6.45, 7) is 7.86. The number of hydrogen-bond donors (Lipinski definition) is 2. The minimum Gasteiger partial charge on any atom is -0.319 e. The summed E-state index contributed by atoms with van der Waals surface area (Å²) in [5, 5.41) is 4.25. The molecular weight excluding hydrogens is 407 g/mol. The van der Waals surface area contributed by atoms with Crippen LogP contribution in [0.4, 0.5) is 0 Å². The van der Waals surface area contributed by atoms with Crippen LogP contribution in [0.3, 0.4) is 0 Å². The summed E-state index contributed by atoms with van der Waals surface area (Å²) in [7, 11) is -6.17. The third-order valence-corrected chi connectivity index (χ3v) is 8.07. The van der Waals surface area contributed by atoms with Crippen molar-refractivity contribution < 1.29 is 17.5 Å². The van der Waals surface area contributed by atoms with Gasteiger partial charge in [-0.15, -0.1) is 0 Å². The second kappa shape index (κ2) is 8.31. The Morgan fingerprint density at radius 2 is 1.76 bits per heavy atom. The van der Waals surface area contributed by atoms with E-state index in [-0.39, 0.29) is 4.90 Å². The summed E-state index contributed by atoms with van der Waals surface area (Å²) in [5.74, 6) is 0.806. The number of aromatic nitrogens is 1. The summed E-state index contributed by atoms with van der Waals surface area (Å²) < 4.78 is 41.5. The fraction of sp³-hybridized carbons (Fsp3) is 0.476. The molecule has 1 spiro atoms. The Labute approximate surface area is 173 Å². The van der Waals surface area contributed by atoms with Crippen molar-refractivity contribution >= 4 is 22.6 Å². The third-order valence-electron chi connectivity index (χ3n) is 5.69.